The van der Waals surface area contributed by atoms with Crippen LogP contribution in [0.25, 0.3) is 0 Å². The third-order valence-electron chi connectivity index (χ3n) is 3.19. The second-order valence-corrected chi connectivity index (χ2v) is 11.8. The van der Waals surface area contributed by atoms with Crippen LogP contribution in [0, 0.1) is 10.5 Å². The lowest BCUT2D eigenvalue weighted by Gasteiger charge is -2.36. The smallest absolute Gasteiger partial charge is 0.250 e. The molecule has 0 fully saturated rings. The maximum atomic E-state index is 6.26. The van der Waals surface area contributed by atoms with Crippen molar-refractivity contribution < 1.29 is 4.43 Å². The van der Waals surface area contributed by atoms with Crippen LogP contribution in [0.15, 0.2) is 18.2 Å². The van der Waals surface area contributed by atoms with Crippen LogP contribution in [0.2, 0.25) is 18.1 Å². The molecule has 1 rings (SSSR count). The molecule has 0 heterocycles. The number of benzene rings is 1. The largest absolute Gasteiger partial charge is 0.543 e. The zero-order valence-electron chi connectivity index (χ0n) is 11.0. The third-order valence-corrected chi connectivity index (χ3v) is 8.18. The van der Waals surface area contributed by atoms with Crippen molar-refractivity contribution in [2.45, 2.75) is 45.8 Å². The van der Waals surface area contributed by atoms with Gasteiger partial charge in [0.1, 0.15) is 5.75 Å². The monoisotopic (exact) mass is 348 g/mol. The summed E-state index contributed by atoms with van der Waals surface area (Å²) in [5.41, 5.74) is 1.26. The van der Waals surface area contributed by atoms with E-state index in [0.717, 1.165) is 5.75 Å². The maximum Gasteiger partial charge on any atom is 0.250 e. The molecule has 0 aliphatic heterocycles. The first-order chi connectivity index (χ1) is 7.12. The van der Waals surface area contributed by atoms with Crippen LogP contribution in [0.3, 0.4) is 0 Å². The van der Waals surface area contributed by atoms with Crippen LogP contribution in [-0.4, -0.2) is 8.32 Å². The average molecular weight is 348 g/mol. The van der Waals surface area contributed by atoms with Crippen molar-refractivity contribution in [3.8, 4) is 5.75 Å². The molecule has 3 heteroatoms. The molecule has 0 spiro atoms. The Morgan fingerprint density at radius 2 is 1.69 bits per heavy atom. The average Bonchev–Trinajstić information content (AvgIpc) is 1.97. The van der Waals surface area contributed by atoms with Gasteiger partial charge in [-0.25, -0.2) is 0 Å². The lowest BCUT2D eigenvalue weighted by atomic mass is 10.2. The van der Waals surface area contributed by atoms with E-state index < -0.39 is 8.32 Å². The second-order valence-electron chi connectivity index (χ2n) is 5.83. The second kappa shape index (κ2) is 4.68. The fraction of sp³-hybridized carbons (Fsp3) is 0.538. The highest BCUT2D eigenvalue weighted by atomic mass is 127. The van der Waals surface area contributed by atoms with Gasteiger partial charge in [0.25, 0.3) is 0 Å². The van der Waals surface area contributed by atoms with Gasteiger partial charge in [0, 0.05) is 3.57 Å². The Kier molecular flexibility index (Phi) is 4.11. The molecule has 0 atom stereocenters. The fourth-order valence-corrected chi connectivity index (χ4v) is 3.02. The van der Waals surface area contributed by atoms with E-state index in [4.69, 9.17) is 4.43 Å². The molecule has 0 aliphatic rings. The van der Waals surface area contributed by atoms with Crippen LogP contribution in [-0.2, 0) is 0 Å². The molecule has 0 amide bonds. The van der Waals surface area contributed by atoms with Crippen molar-refractivity contribution in [2.75, 3.05) is 0 Å². The summed E-state index contributed by atoms with van der Waals surface area (Å²) < 4.78 is 7.50. The molecule has 0 unspecified atom stereocenters. The predicted octanol–water partition coefficient (Wildman–Crippen LogP) is 4.98. The van der Waals surface area contributed by atoms with Crippen LogP contribution in [0.4, 0.5) is 0 Å². The number of halogens is 1. The molecule has 0 saturated heterocycles. The highest BCUT2D eigenvalue weighted by Crippen LogP contribution is 2.37. The minimum absolute atomic E-state index is 0.252. The number of rotatable bonds is 2. The molecule has 16 heavy (non-hydrogen) atoms. The van der Waals surface area contributed by atoms with Gasteiger partial charge in [-0.1, -0.05) is 20.8 Å². The minimum atomic E-state index is -1.69. The summed E-state index contributed by atoms with van der Waals surface area (Å²) in [5, 5.41) is 0.252. The molecule has 1 aromatic rings. The molecular formula is C13H21IOSi. The lowest BCUT2D eigenvalue weighted by molar-refractivity contribution is 0.491. The Bertz CT molecular complexity index is 360. The van der Waals surface area contributed by atoms with Crippen LogP contribution in [0.1, 0.15) is 26.3 Å². The van der Waals surface area contributed by atoms with Gasteiger partial charge in [-0.2, -0.15) is 0 Å². The molecular weight excluding hydrogens is 327 g/mol. The van der Waals surface area contributed by atoms with Crippen molar-refractivity contribution in [3.05, 3.63) is 27.3 Å². The maximum absolute atomic E-state index is 6.26. The third kappa shape index (κ3) is 3.48. The van der Waals surface area contributed by atoms with E-state index in [2.05, 4.69) is 81.6 Å². The summed E-state index contributed by atoms with van der Waals surface area (Å²) >= 11 is 2.34. The van der Waals surface area contributed by atoms with Gasteiger partial charge >= 0.3 is 0 Å². The van der Waals surface area contributed by atoms with Gasteiger partial charge < -0.3 is 4.43 Å². The first kappa shape index (κ1) is 14.0. The van der Waals surface area contributed by atoms with Gasteiger partial charge in [-0.3, -0.25) is 0 Å². The van der Waals surface area contributed by atoms with Crippen molar-refractivity contribution in [1.82, 2.24) is 0 Å². The van der Waals surface area contributed by atoms with Crippen molar-refractivity contribution in [1.29, 1.82) is 0 Å². The molecule has 0 radical (unpaired) electrons. The molecule has 0 aliphatic carbocycles. The first-order valence-corrected chi connectivity index (χ1v) is 9.57. The van der Waals surface area contributed by atoms with Crippen LogP contribution >= 0.6 is 22.6 Å². The van der Waals surface area contributed by atoms with Crippen molar-refractivity contribution in [2.24, 2.45) is 0 Å². The van der Waals surface area contributed by atoms with Crippen LogP contribution in [0.5, 0.6) is 5.75 Å². The summed E-state index contributed by atoms with van der Waals surface area (Å²) in [7, 11) is -1.69. The lowest BCUT2D eigenvalue weighted by Crippen LogP contribution is -2.43. The fourth-order valence-electron chi connectivity index (χ4n) is 1.21. The first-order valence-electron chi connectivity index (χ1n) is 5.58. The van der Waals surface area contributed by atoms with Gasteiger partial charge in [-0.15, -0.1) is 0 Å². The van der Waals surface area contributed by atoms with E-state index in [1.54, 1.807) is 0 Å². The summed E-state index contributed by atoms with van der Waals surface area (Å²) in [6.07, 6.45) is 0. The summed E-state index contributed by atoms with van der Waals surface area (Å²) in [6, 6.07) is 6.41. The molecule has 90 valence electrons. The quantitative estimate of drug-likeness (QED) is 0.541. The minimum Gasteiger partial charge on any atom is -0.543 e. The molecule has 0 saturated carbocycles. The van der Waals surface area contributed by atoms with Crippen molar-refractivity contribution >= 4 is 30.9 Å². The Morgan fingerprint density at radius 3 is 2.12 bits per heavy atom. The van der Waals surface area contributed by atoms with E-state index in [0.29, 0.717) is 0 Å². The standard InChI is InChI=1S/C13H21IOSi/c1-10-7-11(14)9-12(8-10)15-16(5,6)13(2,3)4/h7-9H,1-6H3. The zero-order valence-corrected chi connectivity index (χ0v) is 14.2. The van der Waals surface area contributed by atoms with E-state index in [9.17, 15) is 0 Å². The molecule has 0 bridgehead atoms. The van der Waals surface area contributed by atoms with E-state index in [-0.39, 0.29) is 5.04 Å². The molecule has 1 aromatic carbocycles. The van der Waals surface area contributed by atoms with Gasteiger partial charge in [0.05, 0.1) is 0 Å². The highest BCUT2D eigenvalue weighted by Gasteiger charge is 2.38. The van der Waals surface area contributed by atoms with Crippen molar-refractivity contribution in [3.63, 3.8) is 0 Å². The topological polar surface area (TPSA) is 9.23 Å². The molecule has 0 N–H and O–H groups in total. The molecule has 1 nitrogen and oxygen atoms in total. The Morgan fingerprint density at radius 1 is 1.12 bits per heavy atom. The summed E-state index contributed by atoms with van der Waals surface area (Å²) in [6.45, 7) is 13.5. The Balaban J connectivity index is 2.96. The highest BCUT2D eigenvalue weighted by molar-refractivity contribution is 14.1. The van der Waals surface area contributed by atoms with Crippen LogP contribution < -0.4 is 4.43 Å². The van der Waals surface area contributed by atoms with E-state index >= 15 is 0 Å². The van der Waals surface area contributed by atoms with E-state index in [1.165, 1.54) is 9.13 Å². The summed E-state index contributed by atoms with van der Waals surface area (Å²) in [4.78, 5) is 0. The van der Waals surface area contributed by atoms with Gasteiger partial charge in [0.15, 0.2) is 0 Å². The Labute approximate surface area is 114 Å². The summed E-state index contributed by atoms with van der Waals surface area (Å²) in [5.74, 6) is 1.02. The van der Waals surface area contributed by atoms with Gasteiger partial charge in [-0.05, 0) is 71.4 Å². The predicted molar refractivity (Wildman–Crippen MR) is 81.7 cm³/mol. The van der Waals surface area contributed by atoms with E-state index in [1.807, 2.05) is 0 Å². The Hall–Kier alpha value is -0.0331. The number of aryl methyl sites for hydroxylation is 1. The number of hydrogen-bond acceptors (Lipinski definition) is 1. The zero-order chi connectivity index (χ0) is 12.6. The number of hydrogen-bond donors (Lipinski definition) is 0. The van der Waals surface area contributed by atoms with Gasteiger partial charge in [0.2, 0.25) is 8.32 Å². The SMILES string of the molecule is Cc1cc(I)cc(O[Si](C)(C)C(C)(C)C)c1. The normalized spacial score (nSPS) is 12.7. The molecule has 0 aromatic heterocycles.